The van der Waals surface area contributed by atoms with Crippen LogP contribution < -0.4 is 9.44 Å². The predicted octanol–water partition coefficient (Wildman–Crippen LogP) is 2.56. The fourth-order valence-corrected chi connectivity index (χ4v) is 5.40. The third-order valence-corrected chi connectivity index (χ3v) is 7.42. The summed E-state index contributed by atoms with van der Waals surface area (Å²) in [6, 6.07) is 6.58. The predicted molar refractivity (Wildman–Crippen MR) is 104 cm³/mol. The molecule has 0 spiro atoms. The SMILES string of the molecule is CCCc1cc2c(S(=O)(=O)NC)cccc2c(S(=O)(=O)NC)c1CCC. The zero-order chi connectivity index (χ0) is 19.5. The maximum Gasteiger partial charge on any atom is 0.241 e. The first-order valence-corrected chi connectivity index (χ1v) is 11.6. The summed E-state index contributed by atoms with van der Waals surface area (Å²) in [5.74, 6) is 0. The zero-order valence-electron chi connectivity index (χ0n) is 15.6. The lowest BCUT2D eigenvalue weighted by Gasteiger charge is -2.19. The Balaban J connectivity index is 3.09. The van der Waals surface area contributed by atoms with Crippen LogP contribution in [0, 0.1) is 0 Å². The second-order valence-corrected chi connectivity index (χ2v) is 9.79. The molecule has 0 fully saturated rings. The molecule has 0 aliphatic rings. The van der Waals surface area contributed by atoms with Crippen LogP contribution in [0.2, 0.25) is 0 Å². The van der Waals surface area contributed by atoms with Crippen molar-refractivity contribution < 1.29 is 16.8 Å². The van der Waals surface area contributed by atoms with E-state index in [0.717, 1.165) is 24.0 Å². The number of hydrogen-bond acceptors (Lipinski definition) is 4. The second-order valence-electron chi connectivity index (χ2n) is 6.11. The van der Waals surface area contributed by atoms with E-state index in [1.165, 1.54) is 20.2 Å². The van der Waals surface area contributed by atoms with Gasteiger partial charge in [0.2, 0.25) is 20.0 Å². The van der Waals surface area contributed by atoms with Gasteiger partial charge in [0.05, 0.1) is 9.79 Å². The first-order valence-electron chi connectivity index (χ1n) is 8.68. The van der Waals surface area contributed by atoms with Gasteiger partial charge in [-0.1, -0.05) is 38.8 Å². The van der Waals surface area contributed by atoms with Gasteiger partial charge in [0.25, 0.3) is 0 Å². The molecule has 2 rings (SSSR count). The minimum atomic E-state index is -3.75. The molecule has 0 aromatic heterocycles. The summed E-state index contributed by atoms with van der Waals surface area (Å²) < 4.78 is 55.3. The Hall–Kier alpha value is -1.48. The zero-order valence-corrected chi connectivity index (χ0v) is 17.2. The Bertz CT molecular complexity index is 1010. The lowest BCUT2D eigenvalue weighted by Crippen LogP contribution is -2.22. The molecule has 0 unspecified atom stereocenters. The summed E-state index contributed by atoms with van der Waals surface area (Å²) >= 11 is 0. The summed E-state index contributed by atoms with van der Waals surface area (Å²) in [7, 11) is -4.75. The fraction of sp³-hybridized carbons (Fsp3) is 0.444. The first-order chi connectivity index (χ1) is 12.2. The molecular formula is C18H26N2O4S2. The molecule has 2 aromatic rings. The van der Waals surface area contributed by atoms with Crippen LogP contribution in [0.5, 0.6) is 0 Å². The molecule has 8 heteroatoms. The van der Waals surface area contributed by atoms with E-state index in [1.807, 2.05) is 19.9 Å². The molecule has 0 bridgehead atoms. The van der Waals surface area contributed by atoms with Crippen molar-refractivity contribution in [3.05, 3.63) is 35.4 Å². The van der Waals surface area contributed by atoms with Gasteiger partial charge in [-0.25, -0.2) is 26.3 Å². The van der Waals surface area contributed by atoms with Gasteiger partial charge in [-0.3, -0.25) is 0 Å². The van der Waals surface area contributed by atoms with Crippen LogP contribution in [-0.2, 0) is 32.9 Å². The molecule has 0 saturated heterocycles. The Morgan fingerprint density at radius 2 is 1.46 bits per heavy atom. The molecule has 0 aliphatic carbocycles. The fourth-order valence-electron chi connectivity index (χ4n) is 3.23. The van der Waals surface area contributed by atoms with Crippen LogP contribution >= 0.6 is 0 Å². The summed E-state index contributed by atoms with van der Waals surface area (Å²) in [6.45, 7) is 4.01. The molecule has 0 heterocycles. The highest BCUT2D eigenvalue weighted by atomic mass is 32.2. The summed E-state index contributed by atoms with van der Waals surface area (Å²) in [6.07, 6.45) is 2.93. The third kappa shape index (κ3) is 3.78. The van der Waals surface area contributed by atoms with E-state index >= 15 is 0 Å². The highest BCUT2D eigenvalue weighted by Gasteiger charge is 2.25. The molecule has 6 nitrogen and oxygen atoms in total. The topological polar surface area (TPSA) is 92.3 Å². The number of sulfonamides is 2. The van der Waals surface area contributed by atoms with Crippen molar-refractivity contribution in [3.63, 3.8) is 0 Å². The van der Waals surface area contributed by atoms with Crippen molar-refractivity contribution in [1.29, 1.82) is 0 Å². The van der Waals surface area contributed by atoms with Crippen LogP contribution in [-0.4, -0.2) is 30.9 Å². The smallest absolute Gasteiger partial charge is 0.214 e. The third-order valence-electron chi connectivity index (χ3n) is 4.41. The normalized spacial score (nSPS) is 12.6. The van der Waals surface area contributed by atoms with Crippen LogP contribution in [0.25, 0.3) is 10.8 Å². The number of nitrogens with one attached hydrogen (secondary N) is 2. The molecule has 0 radical (unpaired) electrons. The monoisotopic (exact) mass is 398 g/mol. The number of benzene rings is 2. The quantitative estimate of drug-likeness (QED) is 0.715. The minimum absolute atomic E-state index is 0.0884. The van der Waals surface area contributed by atoms with Gasteiger partial charge in [0.1, 0.15) is 0 Å². The van der Waals surface area contributed by atoms with Crippen LogP contribution in [0.1, 0.15) is 37.8 Å². The summed E-state index contributed by atoms with van der Waals surface area (Å²) in [5.41, 5.74) is 1.66. The van der Waals surface area contributed by atoms with E-state index < -0.39 is 20.0 Å². The van der Waals surface area contributed by atoms with E-state index in [4.69, 9.17) is 0 Å². The molecule has 0 atom stereocenters. The Morgan fingerprint density at radius 3 is 2.00 bits per heavy atom. The lowest BCUT2D eigenvalue weighted by molar-refractivity contribution is 0.585. The molecule has 0 saturated carbocycles. The van der Waals surface area contributed by atoms with Gasteiger partial charge in [0, 0.05) is 10.8 Å². The Kier molecular flexibility index (Phi) is 6.44. The minimum Gasteiger partial charge on any atom is -0.214 e. The van der Waals surface area contributed by atoms with E-state index in [-0.39, 0.29) is 9.79 Å². The second kappa shape index (κ2) is 8.04. The largest absolute Gasteiger partial charge is 0.241 e. The molecule has 0 aliphatic heterocycles. The van der Waals surface area contributed by atoms with Gasteiger partial charge in [-0.15, -0.1) is 0 Å². The Labute approximate surface area is 156 Å². The Morgan fingerprint density at radius 1 is 0.846 bits per heavy atom. The van der Waals surface area contributed by atoms with Crippen LogP contribution in [0.3, 0.4) is 0 Å². The van der Waals surface area contributed by atoms with Crippen molar-refractivity contribution in [2.24, 2.45) is 0 Å². The van der Waals surface area contributed by atoms with Gasteiger partial charge in [-0.2, -0.15) is 0 Å². The molecular weight excluding hydrogens is 372 g/mol. The van der Waals surface area contributed by atoms with E-state index in [9.17, 15) is 16.8 Å². The van der Waals surface area contributed by atoms with Gasteiger partial charge in [-0.05, 0) is 50.2 Å². The van der Waals surface area contributed by atoms with Gasteiger partial charge < -0.3 is 0 Å². The molecule has 2 aromatic carbocycles. The maximum absolute atomic E-state index is 12.8. The number of fused-ring (bicyclic) bond motifs is 1. The van der Waals surface area contributed by atoms with E-state index in [0.29, 0.717) is 23.6 Å². The lowest BCUT2D eigenvalue weighted by atomic mass is 9.95. The number of hydrogen-bond donors (Lipinski definition) is 2. The van der Waals surface area contributed by atoms with Crippen molar-refractivity contribution in [3.8, 4) is 0 Å². The standard InChI is InChI=1S/C18H26N2O4S2/c1-5-8-13-12-16-15(10-7-11-17(16)25(21,22)19-3)18(14(13)9-6-2)26(23,24)20-4/h7,10-12,19-20H,5-6,8-9H2,1-4H3. The summed E-state index contributed by atoms with van der Waals surface area (Å²) in [4.78, 5) is 0.279. The molecule has 144 valence electrons. The first kappa shape index (κ1) is 20.8. The van der Waals surface area contributed by atoms with Crippen molar-refractivity contribution in [2.45, 2.75) is 49.3 Å². The highest BCUT2D eigenvalue weighted by molar-refractivity contribution is 7.90. The van der Waals surface area contributed by atoms with E-state index in [1.54, 1.807) is 12.1 Å². The van der Waals surface area contributed by atoms with Crippen molar-refractivity contribution in [2.75, 3.05) is 14.1 Å². The highest BCUT2D eigenvalue weighted by Crippen LogP contribution is 2.34. The molecule has 0 amide bonds. The van der Waals surface area contributed by atoms with Crippen molar-refractivity contribution in [1.82, 2.24) is 9.44 Å². The van der Waals surface area contributed by atoms with Crippen LogP contribution in [0.4, 0.5) is 0 Å². The summed E-state index contributed by atoms with van der Waals surface area (Å²) in [5, 5.41) is 0.859. The number of aryl methyl sites for hydroxylation is 1. The van der Waals surface area contributed by atoms with Crippen molar-refractivity contribution >= 4 is 30.8 Å². The molecule has 2 N–H and O–H groups in total. The maximum atomic E-state index is 12.8. The average molecular weight is 399 g/mol. The van der Waals surface area contributed by atoms with E-state index in [2.05, 4.69) is 9.44 Å². The van der Waals surface area contributed by atoms with Gasteiger partial charge >= 0.3 is 0 Å². The van der Waals surface area contributed by atoms with Crippen LogP contribution in [0.15, 0.2) is 34.1 Å². The number of rotatable bonds is 8. The van der Waals surface area contributed by atoms with Gasteiger partial charge in [0.15, 0.2) is 0 Å². The molecule has 26 heavy (non-hydrogen) atoms. The average Bonchev–Trinajstić information content (AvgIpc) is 2.61.